The van der Waals surface area contributed by atoms with E-state index in [0.717, 1.165) is 18.1 Å². The first-order valence-corrected chi connectivity index (χ1v) is 5.08. The number of thiazole rings is 1. The van der Waals surface area contributed by atoms with E-state index in [9.17, 15) is 0 Å². The second-order valence-electron chi connectivity index (χ2n) is 2.79. The van der Waals surface area contributed by atoms with Crippen LogP contribution in [0.1, 0.15) is 10.8 Å². The Hall–Kier alpha value is -1.43. The molecule has 74 valence electrons. The first kappa shape index (κ1) is 9.14. The molecule has 0 atom stereocenters. The third kappa shape index (κ3) is 2.29. The lowest BCUT2D eigenvalue weighted by atomic mass is 10.4. The lowest BCUT2D eigenvalue weighted by Crippen LogP contribution is -2.04. The molecule has 1 N–H and O–H groups in total. The Labute approximate surface area is 85.2 Å². The first-order chi connectivity index (χ1) is 6.84. The average molecular weight is 210 g/mol. The normalized spacial score (nSPS) is 10.4. The van der Waals surface area contributed by atoms with Crippen molar-refractivity contribution in [3.63, 3.8) is 0 Å². The summed E-state index contributed by atoms with van der Waals surface area (Å²) in [4.78, 5) is 9.29. The Morgan fingerprint density at radius 2 is 2.43 bits per heavy atom. The molecular weight excluding hydrogens is 200 g/mol. The zero-order chi connectivity index (χ0) is 9.80. The Bertz CT molecular complexity index is 384. The van der Waals surface area contributed by atoms with Gasteiger partial charge in [-0.15, -0.1) is 11.3 Å². The zero-order valence-electron chi connectivity index (χ0n) is 7.73. The van der Waals surface area contributed by atoms with Gasteiger partial charge in [0.1, 0.15) is 0 Å². The van der Waals surface area contributed by atoms with Crippen LogP contribution in [0.5, 0.6) is 0 Å². The molecule has 0 spiro atoms. The third-order valence-corrected chi connectivity index (χ3v) is 2.51. The molecule has 0 unspecified atom stereocenters. The molecule has 2 aromatic heterocycles. The molecule has 2 heterocycles. The zero-order valence-corrected chi connectivity index (χ0v) is 8.54. The van der Waals surface area contributed by atoms with Crippen molar-refractivity contribution in [1.82, 2.24) is 15.1 Å². The molecule has 0 aliphatic carbocycles. The Morgan fingerprint density at radius 1 is 1.50 bits per heavy atom. The lowest BCUT2D eigenvalue weighted by Gasteiger charge is -1.97. The molecule has 0 saturated carbocycles. The summed E-state index contributed by atoms with van der Waals surface area (Å²) in [6.07, 6.45) is 3.97. The highest BCUT2D eigenvalue weighted by molar-refractivity contribution is 7.15. The van der Waals surface area contributed by atoms with E-state index in [0.29, 0.717) is 5.89 Å². The van der Waals surface area contributed by atoms with Crippen LogP contribution < -0.4 is 5.32 Å². The first-order valence-electron chi connectivity index (χ1n) is 4.26. The molecule has 6 heteroatoms. The molecule has 0 radical (unpaired) electrons. The summed E-state index contributed by atoms with van der Waals surface area (Å²) in [7, 11) is 0. The van der Waals surface area contributed by atoms with Gasteiger partial charge in [0, 0.05) is 24.0 Å². The van der Waals surface area contributed by atoms with Crippen LogP contribution in [0.3, 0.4) is 0 Å². The number of nitrogens with zero attached hydrogens (tertiary/aromatic N) is 3. The van der Waals surface area contributed by atoms with Crippen LogP contribution in [-0.2, 0) is 6.42 Å². The van der Waals surface area contributed by atoms with Crippen molar-refractivity contribution in [2.45, 2.75) is 13.3 Å². The largest absolute Gasteiger partial charge is 0.361 e. The highest BCUT2D eigenvalue weighted by Crippen LogP contribution is 2.15. The van der Waals surface area contributed by atoms with Gasteiger partial charge in [0.15, 0.2) is 11.5 Å². The van der Waals surface area contributed by atoms with Crippen LogP contribution in [-0.4, -0.2) is 21.7 Å². The van der Waals surface area contributed by atoms with Crippen LogP contribution >= 0.6 is 11.3 Å². The molecule has 2 aromatic rings. The van der Waals surface area contributed by atoms with E-state index in [2.05, 4.69) is 20.4 Å². The van der Waals surface area contributed by atoms with Crippen LogP contribution in [0.2, 0.25) is 0 Å². The van der Waals surface area contributed by atoms with E-state index in [1.165, 1.54) is 11.2 Å². The molecule has 14 heavy (non-hydrogen) atoms. The van der Waals surface area contributed by atoms with E-state index < -0.39 is 0 Å². The number of nitrogens with one attached hydrogen (secondary N) is 1. The Kier molecular flexibility index (Phi) is 2.73. The fourth-order valence-corrected chi connectivity index (χ4v) is 1.71. The van der Waals surface area contributed by atoms with Crippen molar-refractivity contribution in [2.75, 3.05) is 11.9 Å². The summed E-state index contributed by atoms with van der Waals surface area (Å²) in [5, 5.41) is 7.64. The van der Waals surface area contributed by atoms with Crippen LogP contribution in [0, 0.1) is 6.92 Å². The smallest absolute Gasteiger partial charge is 0.228 e. The van der Waals surface area contributed by atoms with Gasteiger partial charge >= 0.3 is 0 Å². The standard InChI is InChI=1S/C8H10N4OS/c1-6-4-10-8(14-6)9-3-2-7-11-5-12-13-7/h4-5H,2-3H2,1H3,(H,9,10). The molecule has 5 nitrogen and oxygen atoms in total. The van der Waals surface area contributed by atoms with Crippen LogP contribution in [0.25, 0.3) is 0 Å². The lowest BCUT2D eigenvalue weighted by molar-refractivity contribution is 0.380. The van der Waals surface area contributed by atoms with Gasteiger partial charge in [0.2, 0.25) is 5.89 Å². The van der Waals surface area contributed by atoms with Crippen molar-refractivity contribution in [3.05, 3.63) is 23.3 Å². The monoisotopic (exact) mass is 210 g/mol. The third-order valence-electron chi connectivity index (χ3n) is 1.64. The van der Waals surface area contributed by atoms with Crippen molar-refractivity contribution in [3.8, 4) is 0 Å². The number of aryl methyl sites for hydroxylation is 1. The Morgan fingerprint density at radius 3 is 3.07 bits per heavy atom. The molecular formula is C8H10N4OS. The van der Waals surface area contributed by atoms with E-state index in [1.807, 2.05) is 13.1 Å². The van der Waals surface area contributed by atoms with Gasteiger partial charge in [-0.25, -0.2) is 4.98 Å². The highest BCUT2D eigenvalue weighted by Gasteiger charge is 2.00. The van der Waals surface area contributed by atoms with Crippen LogP contribution in [0.15, 0.2) is 17.0 Å². The fraction of sp³-hybridized carbons (Fsp3) is 0.375. The van der Waals surface area contributed by atoms with Crippen LogP contribution in [0.4, 0.5) is 5.13 Å². The number of aromatic nitrogens is 3. The van der Waals surface area contributed by atoms with Gasteiger partial charge in [-0.3, -0.25) is 0 Å². The summed E-state index contributed by atoms with van der Waals surface area (Å²) < 4.78 is 4.86. The predicted molar refractivity (Wildman–Crippen MR) is 53.3 cm³/mol. The maximum absolute atomic E-state index is 4.86. The number of hydrogen-bond acceptors (Lipinski definition) is 6. The van der Waals surface area contributed by atoms with Crippen molar-refractivity contribution >= 4 is 16.5 Å². The quantitative estimate of drug-likeness (QED) is 0.828. The average Bonchev–Trinajstić information content (AvgIpc) is 2.77. The summed E-state index contributed by atoms with van der Waals surface area (Å²) >= 11 is 1.64. The molecule has 2 rings (SSSR count). The predicted octanol–water partition coefficient (Wildman–Crippen LogP) is 1.49. The van der Waals surface area contributed by atoms with Gasteiger partial charge in [-0.2, -0.15) is 4.98 Å². The molecule has 0 aliphatic heterocycles. The van der Waals surface area contributed by atoms with E-state index in [4.69, 9.17) is 4.52 Å². The minimum atomic E-state index is 0.644. The van der Waals surface area contributed by atoms with Crippen molar-refractivity contribution < 1.29 is 4.52 Å². The number of anilines is 1. The van der Waals surface area contributed by atoms with E-state index >= 15 is 0 Å². The Balaban J connectivity index is 1.78. The maximum Gasteiger partial charge on any atom is 0.228 e. The molecule has 0 amide bonds. The van der Waals surface area contributed by atoms with Gasteiger partial charge in [-0.1, -0.05) is 5.16 Å². The molecule has 0 fully saturated rings. The van der Waals surface area contributed by atoms with Gasteiger partial charge in [0.25, 0.3) is 0 Å². The second-order valence-corrected chi connectivity index (χ2v) is 4.02. The SMILES string of the molecule is Cc1cnc(NCCc2ncno2)s1. The number of hydrogen-bond donors (Lipinski definition) is 1. The summed E-state index contributed by atoms with van der Waals surface area (Å²) in [6, 6.07) is 0. The molecule has 0 aliphatic rings. The van der Waals surface area contributed by atoms with E-state index in [1.54, 1.807) is 11.3 Å². The molecule has 0 aromatic carbocycles. The van der Waals surface area contributed by atoms with Crippen molar-refractivity contribution in [1.29, 1.82) is 0 Å². The van der Waals surface area contributed by atoms with Crippen molar-refractivity contribution in [2.24, 2.45) is 0 Å². The second kappa shape index (κ2) is 4.19. The van der Waals surface area contributed by atoms with E-state index in [-0.39, 0.29) is 0 Å². The number of rotatable bonds is 4. The summed E-state index contributed by atoms with van der Waals surface area (Å²) in [6.45, 7) is 2.79. The van der Waals surface area contributed by atoms with Gasteiger partial charge in [-0.05, 0) is 6.92 Å². The molecule has 0 saturated heterocycles. The van der Waals surface area contributed by atoms with Gasteiger partial charge in [0.05, 0.1) is 0 Å². The topological polar surface area (TPSA) is 63.8 Å². The highest BCUT2D eigenvalue weighted by atomic mass is 32.1. The van der Waals surface area contributed by atoms with Gasteiger partial charge < -0.3 is 9.84 Å². The molecule has 0 bridgehead atoms. The summed E-state index contributed by atoms with van der Waals surface area (Å²) in [5.74, 6) is 0.644. The summed E-state index contributed by atoms with van der Waals surface area (Å²) in [5.41, 5.74) is 0. The minimum absolute atomic E-state index is 0.644. The fourth-order valence-electron chi connectivity index (χ4n) is 1.02. The maximum atomic E-state index is 4.86. The minimum Gasteiger partial charge on any atom is -0.361 e.